The number of urea groups is 1. The predicted molar refractivity (Wildman–Crippen MR) is 119 cm³/mol. The molecule has 1 heterocycles. The van der Waals surface area contributed by atoms with Crippen molar-refractivity contribution < 1.29 is 19.2 Å². The summed E-state index contributed by atoms with van der Waals surface area (Å²) < 4.78 is 0.763. The molecule has 31 heavy (non-hydrogen) atoms. The van der Waals surface area contributed by atoms with Crippen LogP contribution in [-0.4, -0.2) is 41.7 Å². The zero-order chi connectivity index (χ0) is 22.8. The van der Waals surface area contributed by atoms with Gasteiger partial charge in [-0.25, -0.2) is 4.79 Å². The summed E-state index contributed by atoms with van der Waals surface area (Å²) in [6.07, 6.45) is 0. The van der Waals surface area contributed by atoms with Crippen molar-refractivity contribution in [1.29, 1.82) is 0 Å². The Kier molecular flexibility index (Phi) is 6.45. The van der Waals surface area contributed by atoms with E-state index in [1.165, 1.54) is 0 Å². The second-order valence-corrected chi connectivity index (χ2v) is 8.46. The molecule has 9 heteroatoms. The molecule has 8 nitrogen and oxygen atoms in total. The van der Waals surface area contributed by atoms with Crippen LogP contribution < -0.4 is 16.0 Å². The molecule has 1 atom stereocenters. The van der Waals surface area contributed by atoms with Gasteiger partial charge in [0.05, 0.1) is 6.54 Å². The van der Waals surface area contributed by atoms with Crippen molar-refractivity contribution in [2.24, 2.45) is 0 Å². The van der Waals surface area contributed by atoms with Gasteiger partial charge in [0, 0.05) is 10.2 Å². The number of halogens is 1. The summed E-state index contributed by atoms with van der Waals surface area (Å²) in [5.74, 6) is -1.55. The highest BCUT2D eigenvalue weighted by atomic mass is 79.9. The number of rotatable bonds is 6. The number of nitrogens with one attached hydrogen (secondary N) is 3. The average molecular weight is 487 g/mol. The first kappa shape index (κ1) is 22.5. The van der Waals surface area contributed by atoms with Gasteiger partial charge >= 0.3 is 6.03 Å². The molecule has 1 saturated heterocycles. The second kappa shape index (κ2) is 8.89. The highest BCUT2D eigenvalue weighted by molar-refractivity contribution is 9.10. The number of benzene rings is 2. The fourth-order valence-corrected chi connectivity index (χ4v) is 3.81. The van der Waals surface area contributed by atoms with Gasteiger partial charge in [0.2, 0.25) is 11.8 Å². The van der Waals surface area contributed by atoms with E-state index in [0.29, 0.717) is 11.3 Å². The highest BCUT2D eigenvalue weighted by Crippen LogP contribution is 2.30. The largest absolute Gasteiger partial charge is 0.345 e. The Balaban J connectivity index is 1.60. The molecule has 162 valence electrons. The summed E-state index contributed by atoms with van der Waals surface area (Å²) in [6.45, 7) is 4.58. The Morgan fingerprint density at radius 2 is 1.71 bits per heavy atom. The molecule has 5 amide bonds. The Morgan fingerprint density at radius 1 is 1.06 bits per heavy atom. The molecular formula is C22H23BrN4O4. The van der Waals surface area contributed by atoms with Crippen LogP contribution in [-0.2, 0) is 19.9 Å². The molecule has 1 unspecified atom stereocenters. The van der Waals surface area contributed by atoms with Crippen molar-refractivity contribution in [1.82, 2.24) is 15.5 Å². The lowest BCUT2D eigenvalue weighted by Crippen LogP contribution is -2.44. The third-order valence-corrected chi connectivity index (χ3v) is 5.66. The van der Waals surface area contributed by atoms with Gasteiger partial charge in [0.15, 0.2) is 0 Å². The van der Waals surface area contributed by atoms with Crippen molar-refractivity contribution >= 4 is 45.4 Å². The maximum Gasteiger partial charge on any atom is 0.325 e. The normalized spacial score (nSPS) is 18.0. The van der Waals surface area contributed by atoms with Crippen LogP contribution in [0.4, 0.5) is 10.5 Å². The number of nitrogens with zero attached hydrogens (tertiary/aromatic N) is 1. The van der Waals surface area contributed by atoms with Crippen LogP contribution in [0.1, 0.15) is 23.6 Å². The molecule has 3 rings (SSSR count). The average Bonchev–Trinajstić information content (AvgIpc) is 2.93. The monoisotopic (exact) mass is 486 g/mol. The number of aryl methyl sites for hydroxylation is 2. The first-order chi connectivity index (χ1) is 14.6. The van der Waals surface area contributed by atoms with E-state index in [4.69, 9.17) is 0 Å². The molecule has 0 saturated carbocycles. The molecule has 1 aliphatic rings. The van der Waals surface area contributed by atoms with E-state index in [1.807, 2.05) is 38.1 Å². The summed E-state index contributed by atoms with van der Waals surface area (Å²) in [5.41, 5.74) is 1.83. The number of para-hydroxylation sites is 1. The van der Waals surface area contributed by atoms with E-state index in [1.54, 1.807) is 25.1 Å². The van der Waals surface area contributed by atoms with Crippen molar-refractivity contribution in [3.63, 3.8) is 0 Å². The minimum atomic E-state index is -1.28. The van der Waals surface area contributed by atoms with Gasteiger partial charge in [-0.15, -0.1) is 0 Å². The molecule has 0 aliphatic carbocycles. The lowest BCUT2D eigenvalue weighted by Gasteiger charge is -2.22. The minimum absolute atomic E-state index is 0.279. The summed E-state index contributed by atoms with van der Waals surface area (Å²) in [4.78, 5) is 50.7. The molecule has 0 radical (unpaired) electrons. The molecule has 0 aromatic heterocycles. The van der Waals surface area contributed by atoms with Crippen molar-refractivity contribution in [2.75, 3.05) is 18.4 Å². The zero-order valence-corrected chi connectivity index (χ0v) is 19.0. The van der Waals surface area contributed by atoms with Crippen LogP contribution in [0.3, 0.4) is 0 Å². The van der Waals surface area contributed by atoms with E-state index in [0.717, 1.165) is 20.5 Å². The van der Waals surface area contributed by atoms with Gasteiger partial charge < -0.3 is 16.0 Å². The maximum absolute atomic E-state index is 12.9. The maximum atomic E-state index is 12.9. The van der Waals surface area contributed by atoms with Gasteiger partial charge in [-0.1, -0.05) is 46.3 Å². The Bertz CT molecular complexity index is 1050. The van der Waals surface area contributed by atoms with Gasteiger partial charge in [0.1, 0.15) is 12.1 Å². The van der Waals surface area contributed by atoms with Gasteiger partial charge in [0.25, 0.3) is 5.91 Å². The number of hydrogen-bond donors (Lipinski definition) is 3. The number of imide groups is 1. The summed E-state index contributed by atoms with van der Waals surface area (Å²) in [6, 6.07) is 12.0. The highest BCUT2D eigenvalue weighted by Gasteiger charge is 2.49. The standard InChI is InChI=1S/C22H23BrN4O4/c1-13-6-4-7-14(2)19(13)25-17(28)11-24-18(29)12-27-20(30)22(3,26-21(27)31)15-8-5-9-16(23)10-15/h4-10H,11-12H2,1-3H3,(H,24,29)(H,25,28)(H,26,31). The number of amides is 5. The van der Waals surface area contributed by atoms with Crippen LogP contribution in [0.15, 0.2) is 46.9 Å². The van der Waals surface area contributed by atoms with Gasteiger partial charge in [-0.2, -0.15) is 0 Å². The molecule has 0 spiro atoms. The molecule has 2 aromatic carbocycles. The Morgan fingerprint density at radius 3 is 2.35 bits per heavy atom. The fourth-order valence-electron chi connectivity index (χ4n) is 3.41. The Hall–Kier alpha value is -3.20. The number of carbonyl (C=O) groups excluding carboxylic acids is 4. The van der Waals surface area contributed by atoms with Gasteiger partial charge in [-0.05, 0) is 49.6 Å². The first-order valence-electron chi connectivity index (χ1n) is 9.64. The van der Waals surface area contributed by atoms with Crippen molar-refractivity contribution in [3.05, 3.63) is 63.6 Å². The first-order valence-corrected chi connectivity index (χ1v) is 10.4. The van der Waals surface area contributed by atoms with E-state index < -0.39 is 35.8 Å². The van der Waals surface area contributed by atoms with Crippen LogP contribution in [0.5, 0.6) is 0 Å². The minimum Gasteiger partial charge on any atom is -0.345 e. The third kappa shape index (κ3) is 4.77. The molecule has 1 aliphatic heterocycles. The number of anilines is 1. The van der Waals surface area contributed by atoms with Crippen molar-refractivity contribution in [3.8, 4) is 0 Å². The molecule has 0 bridgehead atoms. The van der Waals surface area contributed by atoms with Crippen LogP contribution in [0, 0.1) is 13.8 Å². The SMILES string of the molecule is Cc1cccc(C)c1NC(=O)CNC(=O)CN1C(=O)NC(C)(c2cccc(Br)c2)C1=O. The van der Waals surface area contributed by atoms with Gasteiger partial charge in [-0.3, -0.25) is 19.3 Å². The fraction of sp³-hybridized carbons (Fsp3) is 0.273. The summed E-state index contributed by atoms with van der Waals surface area (Å²) in [7, 11) is 0. The molecular weight excluding hydrogens is 464 g/mol. The smallest absolute Gasteiger partial charge is 0.325 e. The van der Waals surface area contributed by atoms with E-state index >= 15 is 0 Å². The molecule has 1 fully saturated rings. The molecule has 2 aromatic rings. The predicted octanol–water partition coefficient (Wildman–Crippen LogP) is 2.59. The van der Waals surface area contributed by atoms with Crippen molar-refractivity contribution in [2.45, 2.75) is 26.3 Å². The third-order valence-electron chi connectivity index (χ3n) is 5.17. The van der Waals surface area contributed by atoms with E-state index in [9.17, 15) is 19.2 Å². The van der Waals surface area contributed by atoms with Crippen LogP contribution >= 0.6 is 15.9 Å². The zero-order valence-electron chi connectivity index (χ0n) is 17.4. The lowest BCUT2D eigenvalue weighted by molar-refractivity contribution is -0.135. The lowest BCUT2D eigenvalue weighted by atomic mass is 9.92. The second-order valence-electron chi connectivity index (χ2n) is 7.55. The topological polar surface area (TPSA) is 108 Å². The quantitative estimate of drug-likeness (QED) is 0.545. The van der Waals surface area contributed by atoms with E-state index in [-0.39, 0.29) is 6.54 Å². The van der Waals surface area contributed by atoms with E-state index in [2.05, 4.69) is 31.9 Å². The molecule has 3 N–H and O–H groups in total. The number of carbonyl (C=O) groups is 4. The van der Waals surface area contributed by atoms with Crippen LogP contribution in [0.2, 0.25) is 0 Å². The van der Waals surface area contributed by atoms with Crippen LogP contribution in [0.25, 0.3) is 0 Å². The Labute approximate surface area is 188 Å². The summed E-state index contributed by atoms with van der Waals surface area (Å²) in [5, 5.41) is 7.87. The number of hydrogen-bond acceptors (Lipinski definition) is 4. The summed E-state index contributed by atoms with van der Waals surface area (Å²) >= 11 is 3.35.